The first-order chi connectivity index (χ1) is 11.6. The minimum Gasteiger partial charge on any atom is -0.478 e. The molecule has 1 fully saturated rings. The van der Waals surface area contributed by atoms with Gasteiger partial charge in [0, 0.05) is 24.8 Å². The number of benzene rings is 1. The molecule has 2 aromatic rings. The second kappa shape index (κ2) is 6.86. The molecule has 126 valence electrons. The van der Waals surface area contributed by atoms with E-state index in [9.17, 15) is 4.79 Å². The van der Waals surface area contributed by atoms with E-state index in [1.807, 2.05) is 12.1 Å². The van der Waals surface area contributed by atoms with Gasteiger partial charge in [-0.25, -0.2) is 9.78 Å². The third kappa shape index (κ3) is 3.48. The maximum Gasteiger partial charge on any atom is 0.335 e. The van der Waals surface area contributed by atoms with E-state index in [1.54, 1.807) is 18.3 Å². The van der Waals surface area contributed by atoms with Crippen molar-refractivity contribution in [2.24, 2.45) is 5.92 Å². The monoisotopic (exact) mass is 326 g/mol. The molecular formula is C18H22N4O2. The topological polar surface area (TPSA) is 92.3 Å². The Morgan fingerprint density at radius 3 is 3.04 bits per heavy atom. The zero-order valence-corrected chi connectivity index (χ0v) is 13.8. The number of aromatic nitrogens is 2. The van der Waals surface area contributed by atoms with E-state index < -0.39 is 5.97 Å². The molecule has 0 spiro atoms. The van der Waals surface area contributed by atoms with Gasteiger partial charge >= 0.3 is 5.97 Å². The Hall–Kier alpha value is -2.63. The summed E-state index contributed by atoms with van der Waals surface area (Å²) in [5, 5.41) is 9.11. The quantitative estimate of drug-likeness (QED) is 0.876. The van der Waals surface area contributed by atoms with Gasteiger partial charge in [0.2, 0.25) is 5.95 Å². The van der Waals surface area contributed by atoms with Crippen LogP contribution >= 0.6 is 0 Å². The summed E-state index contributed by atoms with van der Waals surface area (Å²) in [6, 6.07) is 7.20. The number of aromatic carboxylic acids is 1. The molecule has 0 radical (unpaired) electrons. The highest BCUT2D eigenvalue weighted by molar-refractivity contribution is 5.87. The number of rotatable bonds is 5. The fraction of sp³-hybridized carbons (Fsp3) is 0.389. The zero-order chi connectivity index (χ0) is 17.1. The second-order valence-electron chi connectivity index (χ2n) is 6.24. The van der Waals surface area contributed by atoms with Gasteiger partial charge in [0.25, 0.3) is 0 Å². The minimum atomic E-state index is -0.881. The van der Waals surface area contributed by atoms with Crippen LogP contribution in [0, 0.1) is 5.92 Å². The Kier molecular flexibility index (Phi) is 4.64. The molecular weight excluding hydrogens is 304 g/mol. The summed E-state index contributed by atoms with van der Waals surface area (Å²) in [5.41, 5.74) is 8.27. The highest BCUT2D eigenvalue weighted by Crippen LogP contribution is 2.28. The molecule has 3 N–H and O–H groups in total. The molecule has 3 rings (SSSR count). The van der Waals surface area contributed by atoms with Crippen molar-refractivity contribution in [3.8, 4) is 0 Å². The molecule has 1 unspecified atom stereocenters. The third-order valence-electron chi connectivity index (χ3n) is 4.52. The average molecular weight is 326 g/mol. The molecule has 1 aromatic carbocycles. The van der Waals surface area contributed by atoms with Crippen LogP contribution in [0.3, 0.4) is 0 Å². The number of carbonyl (C=O) groups is 1. The first kappa shape index (κ1) is 16.2. The van der Waals surface area contributed by atoms with Crippen molar-refractivity contribution < 1.29 is 9.90 Å². The molecule has 1 atom stereocenters. The van der Waals surface area contributed by atoms with E-state index in [4.69, 9.17) is 10.8 Å². The van der Waals surface area contributed by atoms with E-state index in [0.717, 1.165) is 49.3 Å². The van der Waals surface area contributed by atoms with Crippen LogP contribution in [0.15, 0.2) is 30.5 Å². The Morgan fingerprint density at radius 1 is 1.46 bits per heavy atom. The van der Waals surface area contributed by atoms with Crippen molar-refractivity contribution in [2.45, 2.75) is 26.2 Å². The number of aryl methyl sites for hydroxylation is 1. The van der Waals surface area contributed by atoms with E-state index in [0.29, 0.717) is 17.4 Å². The molecule has 2 heterocycles. The number of carboxylic acids is 1. The maximum atomic E-state index is 11.1. The predicted molar refractivity (Wildman–Crippen MR) is 93.2 cm³/mol. The standard InChI is InChI=1S/C18H22N4O2/c1-2-14-10-20-18(19)21-16(14)22-7-6-13(11-22)8-12-4-3-5-15(9-12)17(23)24/h3-5,9-10,13H,2,6-8,11H2,1H3,(H,23,24)(H2,19,20,21). The largest absolute Gasteiger partial charge is 0.478 e. The zero-order valence-electron chi connectivity index (χ0n) is 13.8. The molecule has 6 nitrogen and oxygen atoms in total. The summed E-state index contributed by atoms with van der Waals surface area (Å²) in [6.07, 6.45) is 4.61. The SMILES string of the molecule is CCc1cnc(N)nc1N1CCC(Cc2cccc(C(=O)O)c2)C1. The van der Waals surface area contributed by atoms with Gasteiger partial charge in [-0.15, -0.1) is 0 Å². The van der Waals surface area contributed by atoms with Gasteiger partial charge in [-0.2, -0.15) is 4.98 Å². The van der Waals surface area contributed by atoms with Crippen LogP contribution in [0.2, 0.25) is 0 Å². The number of nitrogens with zero attached hydrogens (tertiary/aromatic N) is 3. The van der Waals surface area contributed by atoms with Gasteiger partial charge < -0.3 is 15.7 Å². The van der Waals surface area contributed by atoms with Gasteiger partial charge in [0.1, 0.15) is 5.82 Å². The van der Waals surface area contributed by atoms with Gasteiger partial charge in [-0.3, -0.25) is 0 Å². The number of hydrogen-bond acceptors (Lipinski definition) is 5. The Bertz CT molecular complexity index is 748. The average Bonchev–Trinajstić information content (AvgIpc) is 3.03. The van der Waals surface area contributed by atoms with E-state index in [-0.39, 0.29) is 0 Å². The van der Waals surface area contributed by atoms with E-state index in [2.05, 4.69) is 21.8 Å². The number of nitrogens with two attached hydrogens (primary N) is 1. The molecule has 0 aliphatic carbocycles. The fourth-order valence-electron chi connectivity index (χ4n) is 3.29. The summed E-state index contributed by atoms with van der Waals surface area (Å²) < 4.78 is 0. The highest BCUT2D eigenvalue weighted by Gasteiger charge is 2.25. The first-order valence-electron chi connectivity index (χ1n) is 8.25. The Morgan fingerprint density at radius 2 is 2.29 bits per heavy atom. The molecule has 1 aliphatic rings. The molecule has 0 amide bonds. The van der Waals surface area contributed by atoms with Crippen LogP contribution in [0.1, 0.15) is 34.8 Å². The van der Waals surface area contributed by atoms with Gasteiger partial charge in [-0.1, -0.05) is 19.1 Å². The van der Waals surface area contributed by atoms with Crippen molar-refractivity contribution in [1.82, 2.24) is 9.97 Å². The lowest BCUT2D eigenvalue weighted by atomic mass is 9.97. The summed E-state index contributed by atoms with van der Waals surface area (Å²) in [7, 11) is 0. The summed E-state index contributed by atoms with van der Waals surface area (Å²) in [5.74, 6) is 0.843. The summed E-state index contributed by atoms with van der Waals surface area (Å²) >= 11 is 0. The van der Waals surface area contributed by atoms with Gasteiger partial charge in [0.15, 0.2) is 0 Å². The lowest BCUT2D eigenvalue weighted by Crippen LogP contribution is -2.23. The molecule has 6 heteroatoms. The molecule has 1 aromatic heterocycles. The number of hydrogen-bond donors (Lipinski definition) is 2. The minimum absolute atomic E-state index is 0.305. The molecule has 0 saturated carbocycles. The summed E-state index contributed by atoms with van der Waals surface area (Å²) in [6.45, 7) is 3.93. The van der Waals surface area contributed by atoms with Crippen molar-refractivity contribution in [3.63, 3.8) is 0 Å². The Labute approximate surface area is 141 Å². The molecule has 0 bridgehead atoms. The van der Waals surface area contributed by atoms with Crippen LogP contribution in [0.5, 0.6) is 0 Å². The number of carboxylic acid groups (broad SMARTS) is 1. The number of anilines is 2. The molecule has 1 aliphatic heterocycles. The van der Waals surface area contributed by atoms with Crippen LogP contribution < -0.4 is 10.6 Å². The highest BCUT2D eigenvalue weighted by atomic mass is 16.4. The van der Waals surface area contributed by atoms with Gasteiger partial charge in [0.05, 0.1) is 5.56 Å². The predicted octanol–water partition coefficient (Wildman–Crippen LogP) is 2.39. The van der Waals surface area contributed by atoms with Crippen LogP contribution in [-0.4, -0.2) is 34.1 Å². The summed E-state index contributed by atoms with van der Waals surface area (Å²) in [4.78, 5) is 21.9. The first-order valence-corrected chi connectivity index (χ1v) is 8.25. The van der Waals surface area contributed by atoms with Crippen LogP contribution in [0.25, 0.3) is 0 Å². The van der Waals surface area contributed by atoms with Crippen molar-refractivity contribution in [3.05, 3.63) is 47.2 Å². The smallest absolute Gasteiger partial charge is 0.335 e. The fourth-order valence-corrected chi connectivity index (χ4v) is 3.29. The lowest BCUT2D eigenvalue weighted by Gasteiger charge is -2.20. The van der Waals surface area contributed by atoms with E-state index >= 15 is 0 Å². The van der Waals surface area contributed by atoms with E-state index in [1.165, 1.54) is 0 Å². The van der Waals surface area contributed by atoms with Crippen molar-refractivity contribution >= 4 is 17.7 Å². The Balaban J connectivity index is 1.71. The number of nitrogen functional groups attached to an aromatic ring is 1. The maximum absolute atomic E-state index is 11.1. The van der Waals surface area contributed by atoms with Crippen molar-refractivity contribution in [1.29, 1.82) is 0 Å². The lowest BCUT2D eigenvalue weighted by molar-refractivity contribution is 0.0696. The molecule has 1 saturated heterocycles. The molecule has 24 heavy (non-hydrogen) atoms. The van der Waals surface area contributed by atoms with Crippen LogP contribution in [0.4, 0.5) is 11.8 Å². The second-order valence-corrected chi connectivity index (χ2v) is 6.24. The van der Waals surface area contributed by atoms with Gasteiger partial charge in [-0.05, 0) is 42.9 Å². The third-order valence-corrected chi connectivity index (χ3v) is 4.52. The van der Waals surface area contributed by atoms with Crippen LogP contribution in [-0.2, 0) is 12.8 Å². The van der Waals surface area contributed by atoms with Crippen molar-refractivity contribution in [2.75, 3.05) is 23.7 Å². The normalized spacial score (nSPS) is 17.2.